The lowest BCUT2D eigenvalue weighted by Crippen LogP contribution is -2.58. The highest BCUT2D eigenvalue weighted by Crippen LogP contribution is 1.61. The second-order valence-electron chi connectivity index (χ2n) is 0.844. The first-order chi connectivity index (χ1) is 4.00. The van der Waals surface area contributed by atoms with Crippen LogP contribution in [0.2, 0.25) is 0 Å². The Balaban J connectivity index is 0. The van der Waals surface area contributed by atoms with E-state index in [1.165, 1.54) is 0 Å². The van der Waals surface area contributed by atoms with Crippen molar-refractivity contribution in [1.29, 1.82) is 0 Å². The molecule has 0 heterocycles. The molecule has 10 heavy (non-hydrogen) atoms. The van der Waals surface area contributed by atoms with Crippen LogP contribution in [0.15, 0.2) is 0 Å². The molecule has 0 aromatic carbocycles. The van der Waals surface area contributed by atoms with E-state index in [1.807, 2.05) is 0 Å². The van der Waals surface area contributed by atoms with Gasteiger partial charge in [0, 0.05) is 4.20 Å². The minimum Gasteiger partial charge on any atom is -0.264 e. The zero-order valence-electron chi connectivity index (χ0n) is 4.17. The smallest absolute Gasteiger partial charge is 0.264 e. The Kier molecular flexibility index (Phi) is 5.32. The molecule has 0 aromatic heterocycles. The summed E-state index contributed by atoms with van der Waals surface area (Å²) in [5.74, 6) is 0. The standard InChI is InChI=1S/BrHO4.H2O4S/c2-1(3,4)5;1-5(2,3)4/h2H;(H2,1,2,3,4). The second-order valence-corrected chi connectivity index (χ2v) is 3.40. The Bertz CT molecular complexity index is 144. The molecule has 0 aliphatic rings. The van der Waals surface area contributed by atoms with E-state index in [1.54, 1.807) is 0 Å². The lowest BCUT2D eigenvalue weighted by molar-refractivity contribution is -1.92. The first-order valence-electron chi connectivity index (χ1n) is 1.33. The van der Waals surface area contributed by atoms with E-state index >= 15 is 0 Å². The first-order valence-corrected chi connectivity index (χ1v) is 5.38. The van der Waals surface area contributed by atoms with Crippen LogP contribution in [0.5, 0.6) is 0 Å². The van der Waals surface area contributed by atoms with Crippen molar-refractivity contribution in [3.8, 4) is 0 Å². The van der Waals surface area contributed by atoms with Crippen molar-refractivity contribution < 1.29 is 48.4 Å². The molecular weight excluding hydrogens is 240 g/mol. The normalized spacial score (nSPS) is 11.8. The molecule has 0 saturated heterocycles. The Labute approximate surface area is 59.4 Å². The van der Waals surface area contributed by atoms with Crippen LogP contribution < -0.4 is 12.6 Å². The fraction of sp³-hybridized carbons (Fsp3) is 0. The van der Waals surface area contributed by atoms with Gasteiger partial charge in [-0.3, -0.25) is 9.11 Å². The highest BCUT2D eigenvalue weighted by Gasteiger charge is 2.07. The minimum absolute atomic E-state index is 4.67. The van der Waals surface area contributed by atoms with E-state index in [2.05, 4.69) is 0 Å². The van der Waals surface area contributed by atoms with Crippen molar-refractivity contribution in [2.75, 3.05) is 0 Å². The van der Waals surface area contributed by atoms with Crippen LogP contribution >= 0.6 is 0 Å². The van der Waals surface area contributed by atoms with Crippen molar-refractivity contribution in [2.45, 2.75) is 0 Å². The maximum Gasteiger partial charge on any atom is 0.394 e. The molecule has 0 fully saturated rings. The van der Waals surface area contributed by atoms with E-state index < -0.39 is 24.5 Å². The average molecular weight is 243 g/mol. The zero-order valence-corrected chi connectivity index (χ0v) is 6.57. The molecule has 0 atom stereocenters. The summed E-state index contributed by atoms with van der Waals surface area (Å²) in [6, 6.07) is 0. The molecule has 0 rings (SSSR count). The lowest BCUT2D eigenvalue weighted by atomic mass is 15.8. The molecule has 3 N–H and O–H groups in total. The number of hydrogen-bond acceptors (Lipinski definition) is 6. The Hall–Kier alpha value is 0.190. The Morgan fingerprint density at radius 3 is 1.10 bits per heavy atom. The summed E-state index contributed by atoms with van der Waals surface area (Å²) < 4.78 is 64.6. The van der Waals surface area contributed by atoms with Gasteiger partial charge in [-0.2, -0.15) is 8.42 Å². The summed E-state index contributed by atoms with van der Waals surface area (Å²) in [5.41, 5.74) is 0. The number of hydrogen-bond donors (Lipinski definition) is 3. The first kappa shape index (κ1) is 12.8. The van der Waals surface area contributed by atoms with Gasteiger partial charge in [-0.1, -0.05) is 0 Å². The van der Waals surface area contributed by atoms with Crippen LogP contribution in [0.25, 0.3) is 0 Å². The third-order valence-corrected chi connectivity index (χ3v) is 0. The largest absolute Gasteiger partial charge is 0.394 e. The van der Waals surface area contributed by atoms with Gasteiger partial charge in [-0.15, -0.1) is 0 Å². The minimum atomic E-state index is -5.38. The maximum atomic E-state index is 8.74. The Morgan fingerprint density at radius 1 is 1.10 bits per heavy atom. The van der Waals surface area contributed by atoms with Crippen molar-refractivity contribution in [1.82, 2.24) is 0 Å². The third kappa shape index (κ3) is 11700. The third-order valence-electron chi connectivity index (χ3n) is 0. The van der Waals surface area contributed by atoms with Crippen LogP contribution in [0.3, 0.4) is 0 Å². The van der Waals surface area contributed by atoms with E-state index in [0.717, 1.165) is 0 Å². The zero-order chi connectivity index (χ0) is 9.00. The Morgan fingerprint density at radius 2 is 1.10 bits per heavy atom. The van der Waals surface area contributed by atoms with Crippen molar-refractivity contribution in [3.63, 3.8) is 0 Å². The molecule has 0 aliphatic heterocycles. The van der Waals surface area contributed by atoms with E-state index in [4.69, 9.17) is 34.3 Å². The highest BCUT2D eigenvalue weighted by molar-refractivity contribution is 7.79. The summed E-state index contributed by atoms with van der Waals surface area (Å²) in [6.07, 6.45) is 0. The topological polar surface area (TPSA) is 164 Å². The van der Waals surface area contributed by atoms with Gasteiger partial charge >= 0.3 is 10.4 Å². The van der Waals surface area contributed by atoms with Gasteiger partial charge < -0.3 is 0 Å². The van der Waals surface area contributed by atoms with E-state index in [9.17, 15) is 0 Å². The molecule has 0 unspecified atom stereocenters. The monoisotopic (exact) mass is 242 g/mol. The summed E-state index contributed by atoms with van der Waals surface area (Å²) in [7, 11) is -4.67. The molecule has 8 nitrogen and oxygen atoms in total. The van der Waals surface area contributed by atoms with E-state index in [0.29, 0.717) is 0 Å². The van der Waals surface area contributed by atoms with E-state index in [-0.39, 0.29) is 0 Å². The van der Waals surface area contributed by atoms with Gasteiger partial charge in [0.1, 0.15) is 0 Å². The molecule has 0 aliphatic carbocycles. The van der Waals surface area contributed by atoms with Gasteiger partial charge in [0.15, 0.2) is 0 Å². The van der Waals surface area contributed by atoms with Gasteiger partial charge in [0.05, 0.1) is 0 Å². The van der Waals surface area contributed by atoms with Gasteiger partial charge in [0.25, 0.3) is 14.1 Å². The molecule has 0 bridgehead atoms. The molecule has 0 radical (unpaired) electrons. The predicted molar refractivity (Wildman–Crippen MR) is 16.4 cm³/mol. The maximum absolute atomic E-state index is 8.74. The van der Waals surface area contributed by atoms with Crippen molar-refractivity contribution >= 4 is 10.4 Å². The van der Waals surface area contributed by atoms with Gasteiger partial charge in [-0.05, 0) is 0 Å². The summed E-state index contributed by atoms with van der Waals surface area (Å²) in [4.78, 5) is 0. The van der Waals surface area contributed by atoms with Crippen molar-refractivity contribution in [2.24, 2.45) is 0 Å². The van der Waals surface area contributed by atoms with Crippen molar-refractivity contribution in [3.05, 3.63) is 0 Å². The van der Waals surface area contributed by atoms with Crippen LogP contribution in [0.1, 0.15) is 0 Å². The van der Waals surface area contributed by atoms with Gasteiger partial charge in [-0.25, -0.2) is 12.6 Å². The summed E-state index contributed by atoms with van der Waals surface area (Å²) in [5, 5.41) is 0. The molecule has 0 amide bonds. The molecule has 0 saturated carbocycles. The molecule has 0 aromatic rings. The molecule has 0 spiro atoms. The quantitative estimate of drug-likeness (QED) is 0.356. The second kappa shape index (κ2) is 4.15. The van der Waals surface area contributed by atoms with Gasteiger partial charge in [0.2, 0.25) is 0 Å². The number of halogens is 1. The molecule has 64 valence electrons. The van der Waals surface area contributed by atoms with Crippen LogP contribution in [-0.2, 0) is 10.4 Å². The fourth-order valence-electron chi connectivity index (χ4n) is 0. The average Bonchev–Trinajstić information content (AvgIpc) is 1.12. The highest BCUT2D eigenvalue weighted by atomic mass is 80.0. The number of rotatable bonds is 0. The van der Waals surface area contributed by atoms with Crippen LogP contribution in [0, 0.1) is 14.1 Å². The van der Waals surface area contributed by atoms with Crippen LogP contribution in [0.4, 0.5) is 0 Å². The predicted octanol–water partition coefficient (Wildman–Crippen LogP) is -4.78. The summed E-state index contributed by atoms with van der Waals surface area (Å²) in [6.45, 7) is 0. The lowest BCUT2D eigenvalue weighted by Gasteiger charge is -1.96. The molecular formula is H3BrO8S. The summed E-state index contributed by atoms with van der Waals surface area (Å²) >= 11 is -5.38. The van der Waals surface area contributed by atoms with Crippen LogP contribution in [-0.4, -0.2) is 21.7 Å². The SMILES string of the molecule is O=S(=O)(O)O.[O-][Br+3]([O-])([O-])O. The molecule has 10 heteroatoms. The fourth-order valence-corrected chi connectivity index (χ4v) is 0.